The number of rotatable bonds is 0. The van der Waals surface area contributed by atoms with Gasteiger partial charge < -0.3 is 0 Å². The van der Waals surface area contributed by atoms with Crippen LogP contribution in [-0.2, 0) is 39.0 Å². The maximum atomic E-state index is 0. The summed E-state index contributed by atoms with van der Waals surface area (Å²) in [5, 5.41) is 0. The molecule has 0 fully saturated rings. The van der Waals surface area contributed by atoms with Gasteiger partial charge in [0.15, 0.2) is 0 Å². The SMILES string of the molecule is Cl.Cl.Cl.Cl.[Ru].[Ru]. The minimum absolute atomic E-state index is 0. The fourth-order valence-corrected chi connectivity index (χ4v) is 0. The molecule has 0 bridgehead atoms. The second kappa shape index (κ2) is 52.5. The topological polar surface area (TPSA) is 0 Å². The first-order chi connectivity index (χ1) is 0. The van der Waals surface area contributed by atoms with Crippen molar-refractivity contribution in [1.82, 2.24) is 0 Å². The minimum atomic E-state index is 0. The second-order valence-electron chi connectivity index (χ2n) is 0. The molecular formula is H4Cl4Ru2. The third-order valence-corrected chi connectivity index (χ3v) is 0. The Bertz CT molecular complexity index is 5.51. The van der Waals surface area contributed by atoms with Crippen LogP contribution in [0.4, 0.5) is 0 Å². The Morgan fingerprint density at radius 3 is 0.333 bits per heavy atom. The summed E-state index contributed by atoms with van der Waals surface area (Å²) in [4.78, 5) is 0. The van der Waals surface area contributed by atoms with Crippen LogP contribution in [0.5, 0.6) is 0 Å². The molecule has 0 rings (SSSR count). The summed E-state index contributed by atoms with van der Waals surface area (Å²) in [6.07, 6.45) is 0. The largest absolute Gasteiger partial charge is 0.147 e. The van der Waals surface area contributed by atoms with E-state index in [4.69, 9.17) is 0 Å². The Hall–Kier alpha value is 2.41. The molecule has 0 aromatic carbocycles. The van der Waals surface area contributed by atoms with Gasteiger partial charge in [-0.15, -0.1) is 49.6 Å². The van der Waals surface area contributed by atoms with Crippen molar-refractivity contribution in [3.63, 3.8) is 0 Å². The van der Waals surface area contributed by atoms with E-state index < -0.39 is 0 Å². The van der Waals surface area contributed by atoms with Crippen molar-refractivity contribution in [1.29, 1.82) is 0 Å². The summed E-state index contributed by atoms with van der Waals surface area (Å²) in [5.74, 6) is 0. The zero-order chi connectivity index (χ0) is 0. The Morgan fingerprint density at radius 1 is 0.333 bits per heavy atom. The molecule has 0 N–H and O–H groups in total. The van der Waals surface area contributed by atoms with Gasteiger partial charge in [-0.05, 0) is 0 Å². The third-order valence-electron chi connectivity index (χ3n) is 0. The molecule has 0 atom stereocenters. The summed E-state index contributed by atoms with van der Waals surface area (Å²) in [7, 11) is 0. The summed E-state index contributed by atoms with van der Waals surface area (Å²) in [6.45, 7) is 0. The number of halogens is 4. The minimum Gasteiger partial charge on any atom is -0.147 e. The van der Waals surface area contributed by atoms with Gasteiger partial charge in [-0.25, -0.2) is 0 Å². The molecule has 6 heavy (non-hydrogen) atoms. The first-order valence-electron chi connectivity index (χ1n) is 0. The normalized spacial score (nSPS) is 0. The van der Waals surface area contributed by atoms with Crippen molar-refractivity contribution in [2.24, 2.45) is 0 Å². The van der Waals surface area contributed by atoms with Gasteiger partial charge >= 0.3 is 0 Å². The molecule has 0 saturated heterocycles. The van der Waals surface area contributed by atoms with Gasteiger partial charge in [0, 0.05) is 39.0 Å². The van der Waals surface area contributed by atoms with Crippen molar-refractivity contribution in [2.75, 3.05) is 0 Å². The Kier molecular flexibility index (Phi) is 696. The molecule has 0 heterocycles. The van der Waals surface area contributed by atoms with Crippen LogP contribution >= 0.6 is 49.6 Å². The zero-order valence-corrected chi connectivity index (χ0v) is 9.08. The Morgan fingerprint density at radius 2 is 0.333 bits per heavy atom. The van der Waals surface area contributed by atoms with Crippen LogP contribution in [-0.4, -0.2) is 0 Å². The van der Waals surface area contributed by atoms with Crippen LogP contribution in [0.15, 0.2) is 0 Å². The molecule has 0 amide bonds. The average Bonchev–Trinajstić information content (AvgIpc) is 0. The van der Waals surface area contributed by atoms with E-state index in [0.29, 0.717) is 0 Å². The smallest absolute Gasteiger partial charge is 0 e. The maximum absolute atomic E-state index is 0. The molecule has 0 aliphatic rings. The van der Waals surface area contributed by atoms with Crippen LogP contribution < -0.4 is 0 Å². The molecule has 0 aliphatic heterocycles. The van der Waals surface area contributed by atoms with Gasteiger partial charge in [0.05, 0.1) is 0 Å². The van der Waals surface area contributed by atoms with E-state index in [0.717, 1.165) is 0 Å². The standard InChI is InChI=1S/4ClH.2Ru/h4*1H;;. The fraction of sp³-hybridized carbons (Fsp3) is 0. The van der Waals surface area contributed by atoms with Crippen molar-refractivity contribution >= 4 is 49.6 Å². The molecule has 0 aromatic rings. The fourth-order valence-electron chi connectivity index (χ4n) is 0. The van der Waals surface area contributed by atoms with Gasteiger partial charge in [-0.3, -0.25) is 0 Å². The molecule has 0 unspecified atom stereocenters. The second-order valence-corrected chi connectivity index (χ2v) is 0. The summed E-state index contributed by atoms with van der Waals surface area (Å²) >= 11 is 0. The number of hydrogen-bond donors (Lipinski definition) is 0. The zero-order valence-electron chi connectivity index (χ0n) is 2.34. The molecule has 48 valence electrons. The van der Waals surface area contributed by atoms with Gasteiger partial charge in [0.1, 0.15) is 0 Å². The van der Waals surface area contributed by atoms with Gasteiger partial charge in [-0.1, -0.05) is 0 Å². The van der Waals surface area contributed by atoms with Crippen LogP contribution in [0.1, 0.15) is 0 Å². The van der Waals surface area contributed by atoms with E-state index in [1.54, 1.807) is 0 Å². The Labute approximate surface area is 87.7 Å². The van der Waals surface area contributed by atoms with E-state index in [2.05, 4.69) is 0 Å². The molecule has 0 saturated carbocycles. The van der Waals surface area contributed by atoms with E-state index in [9.17, 15) is 0 Å². The van der Waals surface area contributed by atoms with Gasteiger partial charge in [-0.2, -0.15) is 0 Å². The molecule has 6 heteroatoms. The van der Waals surface area contributed by atoms with E-state index in [1.165, 1.54) is 0 Å². The first-order valence-corrected chi connectivity index (χ1v) is 0. The summed E-state index contributed by atoms with van der Waals surface area (Å²) in [6, 6.07) is 0. The van der Waals surface area contributed by atoms with Crippen molar-refractivity contribution in [3.8, 4) is 0 Å². The predicted molar refractivity (Wildman–Crippen MR) is 29.0 cm³/mol. The molecule has 0 radical (unpaired) electrons. The molecule has 0 spiro atoms. The van der Waals surface area contributed by atoms with E-state index in [-0.39, 0.29) is 88.6 Å². The molecule has 0 nitrogen and oxygen atoms in total. The summed E-state index contributed by atoms with van der Waals surface area (Å²) in [5.41, 5.74) is 0. The van der Waals surface area contributed by atoms with Gasteiger partial charge in [0.25, 0.3) is 0 Å². The Balaban J connectivity index is 0. The van der Waals surface area contributed by atoms with Crippen molar-refractivity contribution in [3.05, 3.63) is 0 Å². The predicted octanol–water partition coefficient (Wildman–Crippen LogP) is 1.68. The molecule has 0 aliphatic carbocycles. The van der Waals surface area contributed by atoms with E-state index >= 15 is 0 Å². The first kappa shape index (κ1) is 79.6. The average molecular weight is 348 g/mol. The molecule has 0 aromatic heterocycles. The van der Waals surface area contributed by atoms with Crippen LogP contribution in [0.3, 0.4) is 0 Å². The number of hydrogen-bond acceptors (Lipinski definition) is 0. The quantitative estimate of drug-likeness (QED) is 0.585. The van der Waals surface area contributed by atoms with Crippen molar-refractivity contribution in [2.45, 2.75) is 0 Å². The monoisotopic (exact) mass is 348 g/mol. The third kappa shape index (κ3) is 32.3. The summed E-state index contributed by atoms with van der Waals surface area (Å²) < 4.78 is 0. The van der Waals surface area contributed by atoms with Crippen LogP contribution in [0.25, 0.3) is 0 Å². The van der Waals surface area contributed by atoms with E-state index in [1.807, 2.05) is 0 Å². The van der Waals surface area contributed by atoms with Gasteiger partial charge in [0.2, 0.25) is 0 Å². The van der Waals surface area contributed by atoms with Crippen LogP contribution in [0.2, 0.25) is 0 Å². The molecular weight excluding hydrogens is 344 g/mol. The van der Waals surface area contributed by atoms with Crippen LogP contribution in [0, 0.1) is 0 Å². The maximum Gasteiger partial charge on any atom is 0 e. The van der Waals surface area contributed by atoms with Crippen molar-refractivity contribution < 1.29 is 39.0 Å².